The SMILES string of the molecule is Cc1ccc(C2(N)CC(C)CCC2C)cc1F. The molecule has 1 aliphatic carbocycles. The molecule has 0 radical (unpaired) electrons. The summed E-state index contributed by atoms with van der Waals surface area (Å²) in [4.78, 5) is 0. The lowest BCUT2D eigenvalue weighted by Crippen LogP contribution is -2.47. The summed E-state index contributed by atoms with van der Waals surface area (Å²) < 4.78 is 13.7. The van der Waals surface area contributed by atoms with Crippen molar-refractivity contribution >= 4 is 0 Å². The molecule has 1 saturated carbocycles. The van der Waals surface area contributed by atoms with Gasteiger partial charge in [-0.15, -0.1) is 0 Å². The third-order valence-electron chi connectivity index (χ3n) is 4.37. The van der Waals surface area contributed by atoms with Gasteiger partial charge in [0.05, 0.1) is 0 Å². The van der Waals surface area contributed by atoms with Gasteiger partial charge >= 0.3 is 0 Å². The molecule has 94 valence electrons. The topological polar surface area (TPSA) is 26.0 Å². The lowest BCUT2D eigenvalue weighted by molar-refractivity contribution is 0.161. The Morgan fingerprint density at radius 3 is 2.65 bits per heavy atom. The number of rotatable bonds is 1. The van der Waals surface area contributed by atoms with Gasteiger partial charge in [0, 0.05) is 5.54 Å². The molecule has 0 amide bonds. The number of nitrogens with two attached hydrogens (primary N) is 1. The van der Waals surface area contributed by atoms with E-state index in [9.17, 15) is 4.39 Å². The number of halogens is 1. The van der Waals surface area contributed by atoms with Crippen LogP contribution in [0.2, 0.25) is 0 Å². The van der Waals surface area contributed by atoms with Crippen molar-refractivity contribution in [3.8, 4) is 0 Å². The summed E-state index contributed by atoms with van der Waals surface area (Å²) in [7, 11) is 0. The van der Waals surface area contributed by atoms with E-state index in [0.717, 1.165) is 18.4 Å². The van der Waals surface area contributed by atoms with Gasteiger partial charge in [-0.3, -0.25) is 0 Å². The van der Waals surface area contributed by atoms with E-state index in [0.29, 0.717) is 17.4 Å². The van der Waals surface area contributed by atoms with Crippen LogP contribution in [0.15, 0.2) is 18.2 Å². The Balaban J connectivity index is 2.38. The van der Waals surface area contributed by atoms with E-state index < -0.39 is 0 Å². The molecule has 1 aromatic carbocycles. The van der Waals surface area contributed by atoms with Crippen molar-refractivity contribution in [3.05, 3.63) is 35.1 Å². The summed E-state index contributed by atoms with van der Waals surface area (Å²) in [5.41, 5.74) is 7.86. The van der Waals surface area contributed by atoms with Crippen LogP contribution in [0.25, 0.3) is 0 Å². The lowest BCUT2D eigenvalue weighted by atomic mass is 9.67. The smallest absolute Gasteiger partial charge is 0.126 e. The molecular formula is C15H22FN. The van der Waals surface area contributed by atoms with Crippen molar-refractivity contribution in [3.63, 3.8) is 0 Å². The molecule has 1 nitrogen and oxygen atoms in total. The minimum Gasteiger partial charge on any atom is -0.321 e. The third-order valence-corrected chi connectivity index (χ3v) is 4.37. The van der Waals surface area contributed by atoms with Crippen LogP contribution >= 0.6 is 0 Å². The van der Waals surface area contributed by atoms with E-state index in [1.807, 2.05) is 12.1 Å². The fourth-order valence-corrected chi connectivity index (χ4v) is 2.96. The van der Waals surface area contributed by atoms with E-state index in [4.69, 9.17) is 5.73 Å². The maximum atomic E-state index is 13.7. The average Bonchev–Trinajstić information content (AvgIpc) is 2.28. The third kappa shape index (κ3) is 2.23. The molecule has 0 spiro atoms. The highest BCUT2D eigenvalue weighted by Gasteiger charge is 2.38. The molecule has 0 aromatic heterocycles. The van der Waals surface area contributed by atoms with Crippen molar-refractivity contribution in [2.45, 2.75) is 45.6 Å². The zero-order valence-electron chi connectivity index (χ0n) is 11.0. The molecule has 0 bridgehead atoms. The highest BCUT2D eigenvalue weighted by atomic mass is 19.1. The van der Waals surface area contributed by atoms with Crippen LogP contribution < -0.4 is 5.73 Å². The second-order valence-corrected chi connectivity index (χ2v) is 5.79. The summed E-state index contributed by atoms with van der Waals surface area (Å²) in [5, 5.41) is 0. The van der Waals surface area contributed by atoms with Crippen molar-refractivity contribution < 1.29 is 4.39 Å². The van der Waals surface area contributed by atoms with Crippen molar-refractivity contribution in [2.24, 2.45) is 17.6 Å². The molecule has 0 aliphatic heterocycles. The van der Waals surface area contributed by atoms with Crippen LogP contribution in [0.3, 0.4) is 0 Å². The van der Waals surface area contributed by atoms with Crippen LogP contribution in [-0.2, 0) is 5.54 Å². The number of benzene rings is 1. The maximum Gasteiger partial charge on any atom is 0.126 e. The minimum absolute atomic E-state index is 0.141. The quantitative estimate of drug-likeness (QED) is 0.788. The Kier molecular flexibility index (Phi) is 3.26. The predicted octanol–water partition coefficient (Wildman–Crippen LogP) is 3.74. The van der Waals surface area contributed by atoms with Crippen LogP contribution in [0.4, 0.5) is 4.39 Å². The molecule has 0 saturated heterocycles. The van der Waals surface area contributed by atoms with E-state index >= 15 is 0 Å². The van der Waals surface area contributed by atoms with E-state index in [1.165, 1.54) is 6.42 Å². The first kappa shape index (κ1) is 12.6. The first-order valence-corrected chi connectivity index (χ1v) is 6.49. The normalized spacial score (nSPS) is 33.7. The van der Waals surface area contributed by atoms with Gasteiger partial charge in [-0.05, 0) is 48.8 Å². The fourth-order valence-electron chi connectivity index (χ4n) is 2.96. The van der Waals surface area contributed by atoms with Gasteiger partial charge in [0.25, 0.3) is 0 Å². The zero-order chi connectivity index (χ0) is 12.6. The first-order chi connectivity index (χ1) is 7.93. The monoisotopic (exact) mass is 235 g/mol. The molecule has 17 heavy (non-hydrogen) atoms. The summed E-state index contributed by atoms with van der Waals surface area (Å²) in [6, 6.07) is 5.46. The largest absolute Gasteiger partial charge is 0.321 e. The van der Waals surface area contributed by atoms with E-state index in [1.54, 1.807) is 13.0 Å². The molecular weight excluding hydrogens is 213 g/mol. The standard InChI is InChI=1S/C15H22FN/c1-10-4-6-12(3)15(17,9-10)13-7-5-11(2)14(16)8-13/h5,7-8,10,12H,4,6,9,17H2,1-3H3. The number of aryl methyl sites for hydroxylation is 1. The highest BCUT2D eigenvalue weighted by Crippen LogP contribution is 2.42. The second-order valence-electron chi connectivity index (χ2n) is 5.79. The molecule has 1 aliphatic rings. The Morgan fingerprint density at radius 2 is 2.00 bits per heavy atom. The Morgan fingerprint density at radius 1 is 1.29 bits per heavy atom. The van der Waals surface area contributed by atoms with Gasteiger partial charge < -0.3 is 5.73 Å². The van der Waals surface area contributed by atoms with Crippen LogP contribution in [0.5, 0.6) is 0 Å². The zero-order valence-corrected chi connectivity index (χ0v) is 11.0. The molecule has 2 N–H and O–H groups in total. The lowest BCUT2D eigenvalue weighted by Gasteiger charge is -2.42. The molecule has 2 heteroatoms. The van der Waals surface area contributed by atoms with Crippen molar-refractivity contribution in [1.29, 1.82) is 0 Å². The number of hydrogen-bond acceptors (Lipinski definition) is 1. The molecule has 3 unspecified atom stereocenters. The molecule has 3 atom stereocenters. The minimum atomic E-state index is -0.355. The van der Waals surface area contributed by atoms with Crippen LogP contribution in [0, 0.1) is 24.6 Å². The summed E-state index contributed by atoms with van der Waals surface area (Å²) in [5.74, 6) is 0.902. The van der Waals surface area contributed by atoms with E-state index in [2.05, 4.69) is 13.8 Å². The first-order valence-electron chi connectivity index (χ1n) is 6.49. The summed E-state index contributed by atoms with van der Waals surface area (Å²) in [6.07, 6.45) is 3.32. The van der Waals surface area contributed by atoms with Gasteiger partial charge in [0.15, 0.2) is 0 Å². The van der Waals surface area contributed by atoms with Gasteiger partial charge in [-0.1, -0.05) is 32.4 Å². The summed E-state index contributed by atoms with van der Waals surface area (Å²) in [6.45, 7) is 6.21. The predicted molar refractivity (Wildman–Crippen MR) is 69.2 cm³/mol. The van der Waals surface area contributed by atoms with Crippen molar-refractivity contribution in [1.82, 2.24) is 0 Å². The maximum absolute atomic E-state index is 13.7. The van der Waals surface area contributed by atoms with Gasteiger partial charge in [0.2, 0.25) is 0 Å². The van der Waals surface area contributed by atoms with Gasteiger partial charge in [0.1, 0.15) is 5.82 Å². The Bertz CT molecular complexity index is 415. The summed E-state index contributed by atoms with van der Waals surface area (Å²) >= 11 is 0. The molecule has 1 aromatic rings. The van der Waals surface area contributed by atoms with E-state index in [-0.39, 0.29) is 11.4 Å². The highest BCUT2D eigenvalue weighted by molar-refractivity contribution is 5.30. The molecule has 2 rings (SSSR count). The second kappa shape index (κ2) is 4.41. The average molecular weight is 235 g/mol. The van der Waals surface area contributed by atoms with Crippen LogP contribution in [-0.4, -0.2) is 0 Å². The fraction of sp³-hybridized carbons (Fsp3) is 0.600. The Labute approximate surface area is 103 Å². The van der Waals surface area contributed by atoms with Gasteiger partial charge in [-0.2, -0.15) is 0 Å². The molecule has 0 heterocycles. The Hall–Kier alpha value is -0.890. The van der Waals surface area contributed by atoms with Crippen molar-refractivity contribution in [2.75, 3.05) is 0 Å². The van der Waals surface area contributed by atoms with Gasteiger partial charge in [-0.25, -0.2) is 4.39 Å². The molecule has 1 fully saturated rings. The number of hydrogen-bond donors (Lipinski definition) is 1. The van der Waals surface area contributed by atoms with Crippen LogP contribution in [0.1, 0.15) is 44.2 Å².